The van der Waals surface area contributed by atoms with Crippen molar-refractivity contribution in [1.82, 2.24) is 15.5 Å². The molecule has 1 aromatic carbocycles. The summed E-state index contributed by atoms with van der Waals surface area (Å²) in [5, 5.41) is 7.79. The Balaban J connectivity index is 0.00000280. The van der Waals surface area contributed by atoms with Crippen molar-refractivity contribution in [3.8, 4) is 0 Å². The van der Waals surface area contributed by atoms with Crippen LogP contribution in [0.4, 0.5) is 0 Å². The number of aliphatic imine (C=N–C) groups is 1. The highest BCUT2D eigenvalue weighted by atomic mass is 127. The van der Waals surface area contributed by atoms with Crippen LogP contribution >= 0.6 is 35.6 Å². The second-order valence-corrected chi connectivity index (χ2v) is 7.59. The van der Waals surface area contributed by atoms with E-state index in [9.17, 15) is 0 Å². The first-order valence-corrected chi connectivity index (χ1v) is 10.2. The van der Waals surface area contributed by atoms with Crippen LogP contribution in [0.2, 0.25) is 5.02 Å². The highest BCUT2D eigenvalue weighted by Gasteiger charge is 2.36. The summed E-state index contributed by atoms with van der Waals surface area (Å²) in [4.78, 5) is 6.80. The van der Waals surface area contributed by atoms with Gasteiger partial charge in [-0.2, -0.15) is 0 Å². The summed E-state index contributed by atoms with van der Waals surface area (Å²) in [6, 6.07) is 8.17. The standard InChI is InChI=1S/C20H31ClN4O2.HI/c1-22-19(23-8-9-25-10-14-27-15-11-25)24-16-20(6-12-26-13-7-20)17-4-2-3-5-18(17)21;/h2-5H,6-16H2,1H3,(H2,22,23,24);1H. The lowest BCUT2D eigenvalue weighted by atomic mass is 9.74. The minimum atomic E-state index is -0.0293. The molecule has 28 heavy (non-hydrogen) atoms. The molecule has 0 spiro atoms. The molecule has 3 rings (SSSR count). The third-order valence-corrected chi connectivity index (χ3v) is 5.87. The molecule has 0 bridgehead atoms. The summed E-state index contributed by atoms with van der Waals surface area (Å²) in [5.74, 6) is 0.834. The molecule has 2 heterocycles. The number of ether oxygens (including phenoxy) is 2. The lowest BCUT2D eigenvalue weighted by Gasteiger charge is -2.38. The van der Waals surface area contributed by atoms with Crippen molar-refractivity contribution in [2.75, 3.05) is 66.2 Å². The number of morpholine rings is 1. The van der Waals surface area contributed by atoms with Crippen molar-refractivity contribution < 1.29 is 9.47 Å². The van der Waals surface area contributed by atoms with Gasteiger partial charge in [-0.05, 0) is 24.5 Å². The third kappa shape index (κ3) is 6.45. The molecule has 2 saturated heterocycles. The molecular weight excluding hydrogens is 491 g/mol. The van der Waals surface area contributed by atoms with E-state index in [0.29, 0.717) is 0 Å². The van der Waals surface area contributed by atoms with Gasteiger partial charge in [-0.15, -0.1) is 24.0 Å². The van der Waals surface area contributed by atoms with E-state index < -0.39 is 0 Å². The van der Waals surface area contributed by atoms with Gasteiger partial charge < -0.3 is 20.1 Å². The Hall–Kier alpha value is -0.610. The average molecular weight is 523 g/mol. The number of guanidine groups is 1. The van der Waals surface area contributed by atoms with Gasteiger partial charge in [-0.25, -0.2) is 0 Å². The lowest BCUT2D eigenvalue weighted by Crippen LogP contribution is -2.49. The van der Waals surface area contributed by atoms with Gasteiger partial charge >= 0.3 is 0 Å². The molecule has 8 heteroatoms. The molecule has 1 aromatic rings. The largest absolute Gasteiger partial charge is 0.381 e. The van der Waals surface area contributed by atoms with Gasteiger partial charge in [0.2, 0.25) is 0 Å². The summed E-state index contributed by atoms with van der Waals surface area (Å²) in [7, 11) is 1.82. The molecule has 158 valence electrons. The second kappa shape index (κ2) is 12.2. The summed E-state index contributed by atoms with van der Waals surface area (Å²) in [6.45, 7) is 7.83. The van der Waals surface area contributed by atoms with Crippen molar-refractivity contribution in [1.29, 1.82) is 0 Å². The maximum Gasteiger partial charge on any atom is 0.191 e. The second-order valence-electron chi connectivity index (χ2n) is 7.18. The van der Waals surface area contributed by atoms with Gasteiger partial charge in [0.15, 0.2) is 5.96 Å². The maximum atomic E-state index is 6.54. The predicted octanol–water partition coefficient (Wildman–Crippen LogP) is 2.50. The van der Waals surface area contributed by atoms with Crippen LogP contribution < -0.4 is 10.6 Å². The van der Waals surface area contributed by atoms with Gasteiger partial charge in [0, 0.05) is 63.4 Å². The first-order chi connectivity index (χ1) is 13.2. The van der Waals surface area contributed by atoms with Gasteiger partial charge in [-0.3, -0.25) is 9.89 Å². The Morgan fingerprint density at radius 1 is 1.11 bits per heavy atom. The lowest BCUT2D eigenvalue weighted by molar-refractivity contribution is 0.0388. The Morgan fingerprint density at radius 2 is 1.79 bits per heavy atom. The SMILES string of the molecule is CN=C(NCCN1CCOCC1)NCC1(c2ccccc2Cl)CCOCC1.I. The Bertz CT molecular complexity index is 620. The topological polar surface area (TPSA) is 58.1 Å². The number of hydrogen-bond donors (Lipinski definition) is 2. The molecule has 2 N–H and O–H groups in total. The van der Waals surface area contributed by atoms with E-state index in [1.165, 1.54) is 5.56 Å². The highest BCUT2D eigenvalue weighted by molar-refractivity contribution is 14.0. The van der Waals surface area contributed by atoms with E-state index in [1.54, 1.807) is 0 Å². The van der Waals surface area contributed by atoms with Crippen LogP contribution in [0.3, 0.4) is 0 Å². The number of nitrogens with one attached hydrogen (secondary N) is 2. The van der Waals surface area contributed by atoms with E-state index in [0.717, 1.165) is 83.0 Å². The summed E-state index contributed by atoms with van der Waals surface area (Å²) >= 11 is 6.54. The Morgan fingerprint density at radius 3 is 2.46 bits per heavy atom. The fourth-order valence-corrected chi connectivity index (χ4v) is 4.16. The van der Waals surface area contributed by atoms with Gasteiger partial charge in [0.1, 0.15) is 0 Å². The van der Waals surface area contributed by atoms with Crippen LogP contribution in [0.1, 0.15) is 18.4 Å². The molecule has 0 saturated carbocycles. The minimum Gasteiger partial charge on any atom is -0.381 e. The van der Waals surface area contributed by atoms with Crippen molar-refractivity contribution in [3.63, 3.8) is 0 Å². The van der Waals surface area contributed by atoms with Crippen LogP contribution in [0, 0.1) is 0 Å². The molecule has 0 atom stereocenters. The number of benzene rings is 1. The average Bonchev–Trinajstić information content (AvgIpc) is 2.72. The smallest absolute Gasteiger partial charge is 0.191 e. The van der Waals surface area contributed by atoms with E-state index in [4.69, 9.17) is 21.1 Å². The summed E-state index contributed by atoms with van der Waals surface area (Å²) in [6.07, 6.45) is 1.91. The van der Waals surface area contributed by atoms with Crippen molar-refractivity contribution in [3.05, 3.63) is 34.9 Å². The van der Waals surface area contributed by atoms with Gasteiger partial charge in [0.05, 0.1) is 13.2 Å². The van der Waals surface area contributed by atoms with Crippen LogP contribution in [-0.2, 0) is 14.9 Å². The van der Waals surface area contributed by atoms with Crippen LogP contribution in [-0.4, -0.2) is 77.1 Å². The molecule has 0 amide bonds. The highest BCUT2D eigenvalue weighted by Crippen LogP contribution is 2.38. The first kappa shape index (κ1) is 23.7. The van der Waals surface area contributed by atoms with E-state index in [2.05, 4.69) is 32.7 Å². The maximum absolute atomic E-state index is 6.54. The van der Waals surface area contributed by atoms with Gasteiger partial charge in [0.25, 0.3) is 0 Å². The van der Waals surface area contributed by atoms with Crippen molar-refractivity contribution >= 4 is 41.5 Å². The summed E-state index contributed by atoms with van der Waals surface area (Å²) in [5.41, 5.74) is 1.17. The number of nitrogens with zero attached hydrogens (tertiary/aromatic N) is 2. The van der Waals surface area contributed by atoms with Crippen molar-refractivity contribution in [2.24, 2.45) is 4.99 Å². The summed E-state index contributed by atoms with van der Waals surface area (Å²) < 4.78 is 11.0. The fraction of sp³-hybridized carbons (Fsp3) is 0.650. The molecular formula is C20H32ClIN4O2. The predicted molar refractivity (Wildman–Crippen MR) is 125 cm³/mol. The molecule has 0 radical (unpaired) electrons. The molecule has 2 aliphatic rings. The zero-order valence-electron chi connectivity index (χ0n) is 16.6. The van der Waals surface area contributed by atoms with E-state index in [-0.39, 0.29) is 29.4 Å². The van der Waals surface area contributed by atoms with Crippen molar-refractivity contribution in [2.45, 2.75) is 18.3 Å². The van der Waals surface area contributed by atoms with Crippen LogP contribution in [0.5, 0.6) is 0 Å². The zero-order valence-corrected chi connectivity index (χ0v) is 19.7. The number of rotatable bonds is 6. The monoisotopic (exact) mass is 522 g/mol. The molecule has 0 aromatic heterocycles. The molecule has 2 aliphatic heterocycles. The quantitative estimate of drug-likeness (QED) is 0.342. The molecule has 6 nitrogen and oxygen atoms in total. The van der Waals surface area contributed by atoms with E-state index in [1.807, 2.05) is 19.2 Å². The zero-order chi connectivity index (χ0) is 19.0. The Kier molecular flexibility index (Phi) is 10.3. The number of halogens is 2. The normalized spacial score (nSPS) is 20.3. The third-order valence-electron chi connectivity index (χ3n) is 5.54. The Labute approximate surface area is 190 Å². The molecule has 0 aliphatic carbocycles. The van der Waals surface area contributed by atoms with Gasteiger partial charge in [-0.1, -0.05) is 29.8 Å². The number of hydrogen-bond acceptors (Lipinski definition) is 4. The van der Waals surface area contributed by atoms with Crippen LogP contribution in [0.25, 0.3) is 0 Å². The van der Waals surface area contributed by atoms with Crippen LogP contribution in [0.15, 0.2) is 29.3 Å². The first-order valence-electron chi connectivity index (χ1n) is 9.81. The minimum absolute atomic E-state index is 0. The van der Waals surface area contributed by atoms with E-state index >= 15 is 0 Å². The molecule has 0 unspecified atom stereocenters. The fourth-order valence-electron chi connectivity index (χ4n) is 3.83. The molecule has 2 fully saturated rings.